The number of benzene rings is 1. The van der Waals surface area contributed by atoms with Crippen molar-refractivity contribution in [1.29, 1.82) is 0 Å². The molecule has 0 fully saturated rings. The molecule has 1 rings (SSSR count). The average molecular weight is 280 g/mol. The molecular weight excluding hydrogens is 264 g/mol. The van der Waals surface area contributed by atoms with Crippen LogP contribution in [-0.2, 0) is 4.79 Å². The summed E-state index contributed by atoms with van der Waals surface area (Å²) in [5, 5.41) is 15.5. The third-order valence-corrected chi connectivity index (χ3v) is 3.29. The van der Waals surface area contributed by atoms with Crippen LogP contribution in [0.1, 0.15) is 18.0 Å². The Morgan fingerprint density at radius 2 is 2.21 bits per heavy atom. The van der Waals surface area contributed by atoms with Crippen molar-refractivity contribution in [3.8, 4) is 0 Å². The zero-order valence-electron chi connectivity index (χ0n) is 10.6. The largest absolute Gasteiger partial charge is 0.480 e. The standard InChI is InChI=1S/C12H16N4O2S/c1-19-10-5-3-9(4-6-10)11(12(17)18)14-7-2-8-15-16-13/h3-6,11,14H,2,7-8H2,1H3,(H,17,18). The number of rotatable bonds is 8. The number of azide groups is 1. The molecule has 2 N–H and O–H groups in total. The maximum atomic E-state index is 11.2. The summed E-state index contributed by atoms with van der Waals surface area (Å²) in [5.41, 5.74) is 8.85. The fraction of sp³-hybridized carbons (Fsp3) is 0.417. The fourth-order valence-corrected chi connectivity index (χ4v) is 1.99. The summed E-state index contributed by atoms with van der Waals surface area (Å²) in [6.07, 6.45) is 2.58. The summed E-state index contributed by atoms with van der Waals surface area (Å²) in [5.74, 6) is -0.916. The number of aliphatic carboxylic acids is 1. The first kappa shape index (κ1) is 15.4. The van der Waals surface area contributed by atoms with Crippen LogP contribution in [0.4, 0.5) is 0 Å². The van der Waals surface area contributed by atoms with Gasteiger partial charge in [0.15, 0.2) is 0 Å². The fourth-order valence-electron chi connectivity index (χ4n) is 1.58. The van der Waals surface area contributed by atoms with Gasteiger partial charge in [0, 0.05) is 16.4 Å². The third kappa shape index (κ3) is 5.21. The topological polar surface area (TPSA) is 98.1 Å². The summed E-state index contributed by atoms with van der Waals surface area (Å²) in [4.78, 5) is 15.0. The van der Waals surface area contributed by atoms with Crippen LogP contribution < -0.4 is 5.32 Å². The number of nitrogens with zero attached hydrogens (tertiary/aromatic N) is 3. The predicted octanol–water partition coefficient (Wildman–Crippen LogP) is 2.82. The van der Waals surface area contributed by atoms with E-state index in [1.165, 1.54) is 0 Å². The van der Waals surface area contributed by atoms with E-state index in [0.29, 0.717) is 25.1 Å². The van der Waals surface area contributed by atoms with Gasteiger partial charge in [-0.05, 0) is 42.4 Å². The molecule has 1 aromatic rings. The van der Waals surface area contributed by atoms with Crippen LogP contribution in [0.15, 0.2) is 34.3 Å². The average Bonchev–Trinajstić information content (AvgIpc) is 2.43. The number of nitrogens with one attached hydrogen (secondary N) is 1. The number of carboxylic acid groups (broad SMARTS) is 1. The van der Waals surface area contributed by atoms with Crippen LogP contribution in [-0.4, -0.2) is 30.4 Å². The Balaban J connectivity index is 2.60. The first-order valence-corrected chi connectivity index (χ1v) is 7.02. The van der Waals surface area contributed by atoms with E-state index in [2.05, 4.69) is 15.3 Å². The Hall–Kier alpha value is -1.69. The maximum Gasteiger partial charge on any atom is 0.325 e. The predicted molar refractivity (Wildman–Crippen MR) is 75.2 cm³/mol. The molecule has 1 aromatic carbocycles. The highest BCUT2D eigenvalue weighted by molar-refractivity contribution is 7.98. The summed E-state index contributed by atoms with van der Waals surface area (Å²) in [7, 11) is 0. The number of thioether (sulfide) groups is 1. The van der Waals surface area contributed by atoms with Crippen LogP contribution >= 0.6 is 11.8 Å². The Labute approximate surface area is 115 Å². The number of carbonyl (C=O) groups is 1. The van der Waals surface area contributed by atoms with Crippen LogP contribution in [0.3, 0.4) is 0 Å². The molecule has 6 nitrogen and oxygen atoms in total. The van der Waals surface area contributed by atoms with Gasteiger partial charge in [0.2, 0.25) is 0 Å². The highest BCUT2D eigenvalue weighted by Gasteiger charge is 2.18. The number of hydrogen-bond donors (Lipinski definition) is 2. The van der Waals surface area contributed by atoms with Gasteiger partial charge >= 0.3 is 5.97 Å². The molecule has 0 heterocycles. The smallest absolute Gasteiger partial charge is 0.325 e. The summed E-state index contributed by atoms with van der Waals surface area (Å²) in [6.45, 7) is 0.849. The van der Waals surface area contributed by atoms with E-state index in [4.69, 9.17) is 5.53 Å². The molecule has 0 aliphatic rings. The van der Waals surface area contributed by atoms with Gasteiger partial charge in [-0.3, -0.25) is 4.79 Å². The molecular formula is C12H16N4O2S. The van der Waals surface area contributed by atoms with Gasteiger partial charge < -0.3 is 10.4 Å². The second kappa shape index (κ2) is 8.42. The van der Waals surface area contributed by atoms with E-state index in [0.717, 1.165) is 4.90 Å². The van der Waals surface area contributed by atoms with Gasteiger partial charge in [-0.15, -0.1) is 11.8 Å². The summed E-state index contributed by atoms with van der Waals surface area (Å²) in [6, 6.07) is 6.69. The zero-order valence-corrected chi connectivity index (χ0v) is 11.4. The van der Waals surface area contributed by atoms with Crippen molar-refractivity contribution in [3.05, 3.63) is 40.3 Å². The van der Waals surface area contributed by atoms with E-state index in [1.54, 1.807) is 11.8 Å². The Kier molecular flexibility index (Phi) is 6.81. The van der Waals surface area contributed by atoms with Crippen molar-refractivity contribution >= 4 is 17.7 Å². The number of hydrogen-bond acceptors (Lipinski definition) is 4. The zero-order chi connectivity index (χ0) is 14.1. The first-order chi connectivity index (χ1) is 9.19. The van der Waals surface area contributed by atoms with Gasteiger partial charge in [0.25, 0.3) is 0 Å². The van der Waals surface area contributed by atoms with E-state index >= 15 is 0 Å². The molecule has 1 atom stereocenters. The van der Waals surface area contributed by atoms with Crippen molar-refractivity contribution in [2.75, 3.05) is 19.3 Å². The molecule has 0 aliphatic heterocycles. The van der Waals surface area contributed by atoms with E-state index in [9.17, 15) is 9.90 Å². The minimum Gasteiger partial charge on any atom is -0.480 e. The molecule has 0 amide bonds. The highest BCUT2D eigenvalue weighted by atomic mass is 32.2. The molecule has 19 heavy (non-hydrogen) atoms. The Morgan fingerprint density at radius 1 is 1.53 bits per heavy atom. The monoisotopic (exact) mass is 280 g/mol. The van der Waals surface area contributed by atoms with Crippen molar-refractivity contribution in [3.63, 3.8) is 0 Å². The second-order valence-corrected chi connectivity index (χ2v) is 4.69. The van der Waals surface area contributed by atoms with E-state index < -0.39 is 12.0 Å². The minimum absolute atomic E-state index is 0.362. The van der Waals surface area contributed by atoms with Gasteiger partial charge in [0.05, 0.1) is 0 Å². The lowest BCUT2D eigenvalue weighted by molar-refractivity contribution is -0.139. The summed E-state index contributed by atoms with van der Waals surface area (Å²) >= 11 is 1.61. The van der Waals surface area contributed by atoms with Crippen molar-refractivity contribution in [1.82, 2.24) is 5.32 Å². The Morgan fingerprint density at radius 3 is 2.74 bits per heavy atom. The normalized spacial score (nSPS) is 11.6. The van der Waals surface area contributed by atoms with Gasteiger partial charge in [0.1, 0.15) is 6.04 Å². The van der Waals surface area contributed by atoms with Crippen LogP contribution in [0, 0.1) is 0 Å². The molecule has 0 aliphatic carbocycles. The number of carboxylic acids is 1. The van der Waals surface area contributed by atoms with Gasteiger partial charge in [-0.2, -0.15) is 0 Å². The highest BCUT2D eigenvalue weighted by Crippen LogP contribution is 2.19. The third-order valence-electron chi connectivity index (χ3n) is 2.54. The van der Waals surface area contributed by atoms with Crippen molar-refractivity contribution in [2.45, 2.75) is 17.4 Å². The molecule has 0 bridgehead atoms. The molecule has 0 saturated heterocycles. The SMILES string of the molecule is CSc1ccc(C(NCCCN=[N+]=[N-])C(=O)O)cc1. The Bertz CT molecular complexity index is 457. The second-order valence-electron chi connectivity index (χ2n) is 3.81. The van der Waals surface area contributed by atoms with Crippen LogP contribution in [0.2, 0.25) is 0 Å². The summed E-state index contributed by atoms with van der Waals surface area (Å²) < 4.78 is 0. The minimum atomic E-state index is -0.916. The molecule has 0 spiro atoms. The van der Waals surface area contributed by atoms with Crippen LogP contribution in [0.5, 0.6) is 0 Å². The van der Waals surface area contributed by atoms with E-state index in [1.807, 2.05) is 30.5 Å². The molecule has 0 saturated carbocycles. The lowest BCUT2D eigenvalue weighted by Gasteiger charge is -2.14. The molecule has 0 radical (unpaired) electrons. The molecule has 7 heteroatoms. The molecule has 102 valence electrons. The first-order valence-electron chi connectivity index (χ1n) is 5.80. The van der Waals surface area contributed by atoms with E-state index in [-0.39, 0.29) is 0 Å². The van der Waals surface area contributed by atoms with Crippen molar-refractivity contribution < 1.29 is 9.90 Å². The van der Waals surface area contributed by atoms with Crippen molar-refractivity contribution in [2.24, 2.45) is 5.11 Å². The van der Waals surface area contributed by atoms with Crippen LogP contribution in [0.25, 0.3) is 10.4 Å². The lowest BCUT2D eigenvalue weighted by Crippen LogP contribution is -2.29. The van der Waals surface area contributed by atoms with Gasteiger partial charge in [-0.1, -0.05) is 17.2 Å². The molecule has 0 aromatic heterocycles. The molecule has 1 unspecified atom stereocenters. The maximum absolute atomic E-state index is 11.2. The van der Waals surface area contributed by atoms with Gasteiger partial charge in [-0.25, -0.2) is 0 Å². The quantitative estimate of drug-likeness (QED) is 0.251. The lowest BCUT2D eigenvalue weighted by atomic mass is 10.1.